The standard InChI is InChI=1S/C31H44N8O4/c1-19-7-5-10-23(17-19)24(18-20-12-14-22(15-13-20)27(32)39-43)29(41)38-26(21-8-3-2-4-9-21)30(42)37-25(28(33)40)11-6-16-36-31(34)35/h5,7,10,12-15,17,21,24-26,43H,2-4,6,8-9,11,16,18H2,1H3,(H2,32,39)(H2,33,40)(H,37,42)(H,38,41)(H4,34,35,36). The van der Waals surface area contributed by atoms with Gasteiger partial charge in [-0.1, -0.05) is 78.5 Å². The number of aliphatic imine (C=N–C) groups is 1. The summed E-state index contributed by atoms with van der Waals surface area (Å²) in [5.41, 5.74) is 25.3. The lowest BCUT2D eigenvalue weighted by molar-refractivity contribution is -0.133. The molecular formula is C31H44N8O4. The Morgan fingerprint density at radius 3 is 2.26 bits per heavy atom. The summed E-state index contributed by atoms with van der Waals surface area (Å²) in [5.74, 6) is -2.13. The van der Waals surface area contributed by atoms with Gasteiger partial charge in [-0.25, -0.2) is 0 Å². The van der Waals surface area contributed by atoms with Gasteiger partial charge in [0.15, 0.2) is 11.8 Å². The average Bonchev–Trinajstić information content (AvgIpc) is 3.00. The van der Waals surface area contributed by atoms with E-state index >= 15 is 0 Å². The van der Waals surface area contributed by atoms with Gasteiger partial charge < -0.3 is 38.8 Å². The number of carbonyl (C=O) groups is 3. The quantitative estimate of drug-likeness (QED) is 0.0562. The second-order valence-corrected chi connectivity index (χ2v) is 11.1. The molecule has 3 unspecified atom stereocenters. The largest absolute Gasteiger partial charge is 0.409 e. The molecule has 0 spiro atoms. The lowest BCUT2D eigenvalue weighted by Gasteiger charge is -2.32. The minimum atomic E-state index is -0.925. The smallest absolute Gasteiger partial charge is 0.243 e. The molecular weight excluding hydrogens is 548 g/mol. The van der Waals surface area contributed by atoms with Crippen molar-refractivity contribution in [2.24, 2.45) is 39.0 Å². The van der Waals surface area contributed by atoms with Crippen LogP contribution in [0.1, 0.15) is 73.1 Å². The molecule has 0 heterocycles. The highest BCUT2D eigenvalue weighted by Gasteiger charge is 2.35. The number of benzene rings is 2. The summed E-state index contributed by atoms with van der Waals surface area (Å²) in [4.78, 5) is 43.9. The van der Waals surface area contributed by atoms with Gasteiger partial charge in [-0.15, -0.1) is 0 Å². The highest BCUT2D eigenvalue weighted by Crippen LogP contribution is 2.29. The number of amides is 3. The van der Waals surface area contributed by atoms with Crippen molar-refractivity contribution in [2.45, 2.75) is 76.3 Å². The molecule has 3 amide bonds. The van der Waals surface area contributed by atoms with E-state index in [0.717, 1.165) is 48.8 Å². The Labute approximate surface area is 252 Å². The highest BCUT2D eigenvalue weighted by molar-refractivity contribution is 5.97. The lowest BCUT2D eigenvalue weighted by Crippen LogP contribution is -2.56. The SMILES string of the molecule is Cc1cccc(C(Cc2ccc(C(N)=NO)cc2)C(=O)NC(C(=O)NC(CCCN=C(N)N)C(N)=O)C2CCCCC2)c1. The van der Waals surface area contributed by atoms with Crippen LogP contribution in [-0.2, 0) is 20.8 Å². The second-order valence-electron chi connectivity index (χ2n) is 11.1. The van der Waals surface area contributed by atoms with Crippen LogP contribution in [0.3, 0.4) is 0 Å². The van der Waals surface area contributed by atoms with E-state index in [1.807, 2.05) is 43.3 Å². The number of primary amides is 1. The average molecular weight is 593 g/mol. The van der Waals surface area contributed by atoms with Crippen LogP contribution in [0.4, 0.5) is 0 Å². The van der Waals surface area contributed by atoms with Crippen LogP contribution < -0.4 is 33.6 Å². The Hall–Kier alpha value is -4.61. The third-order valence-corrected chi connectivity index (χ3v) is 7.86. The Kier molecular flexibility index (Phi) is 12.3. The second kappa shape index (κ2) is 16.1. The molecule has 0 radical (unpaired) electrons. The number of nitrogens with two attached hydrogens (primary N) is 4. The summed E-state index contributed by atoms with van der Waals surface area (Å²) in [6, 6.07) is 13.1. The van der Waals surface area contributed by atoms with Crippen LogP contribution >= 0.6 is 0 Å². The molecule has 3 atom stereocenters. The monoisotopic (exact) mass is 592 g/mol. The van der Waals surface area contributed by atoms with Crippen molar-refractivity contribution in [3.05, 3.63) is 70.8 Å². The van der Waals surface area contributed by atoms with Crippen molar-refractivity contribution < 1.29 is 19.6 Å². The van der Waals surface area contributed by atoms with Crippen LogP contribution in [0.25, 0.3) is 0 Å². The van der Waals surface area contributed by atoms with E-state index in [1.165, 1.54) is 0 Å². The van der Waals surface area contributed by atoms with Gasteiger partial charge in [-0.05, 0) is 56.1 Å². The van der Waals surface area contributed by atoms with E-state index < -0.39 is 29.8 Å². The first-order chi connectivity index (χ1) is 20.6. The number of hydrogen-bond donors (Lipinski definition) is 7. The Balaban J connectivity index is 1.85. The molecule has 2 aromatic carbocycles. The minimum Gasteiger partial charge on any atom is -0.409 e. The summed E-state index contributed by atoms with van der Waals surface area (Å²) in [6.45, 7) is 2.25. The molecule has 12 nitrogen and oxygen atoms in total. The third-order valence-electron chi connectivity index (χ3n) is 7.86. The highest BCUT2D eigenvalue weighted by atomic mass is 16.4. The molecule has 1 saturated carbocycles. The fraction of sp³-hybridized carbons (Fsp3) is 0.452. The number of nitrogens with zero attached hydrogens (tertiary/aromatic N) is 2. The Morgan fingerprint density at radius 2 is 1.65 bits per heavy atom. The van der Waals surface area contributed by atoms with E-state index in [9.17, 15) is 14.4 Å². The van der Waals surface area contributed by atoms with Crippen LogP contribution in [-0.4, -0.2) is 53.4 Å². The third kappa shape index (κ3) is 10.0. The van der Waals surface area contributed by atoms with Crippen molar-refractivity contribution in [2.75, 3.05) is 6.54 Å². The van der Waals surface area contributed by atoms with Gasteiger partial charge in [0, 0.05) is 12.1 Å². The summed E-state index contributed by atoms with van der Waals surface area (Å²) in [7, 11) is 0. The fourth-order valence-electron chi connectivity index (χ4n) is 5.52. The van der Waals surface area contributed by atoms with Crippen LogP contribution in [0, 0.1) is 12.8 Å². The number of hydrogen-bond acceptors (Lipinski definition) is 6. The summed E-state index contributed by atoms with van der Waals surface area (Å²) in [6.07, 6.45) is 5.61. The lowest BCUT2D eigenvalue weighted by atomic mass is 9.82. The molecule has 1 aliphatic rings. The first-order valence-electron chi connectivity index (χ1n) is 14.7. The zero-order chi connectivity index (χ0) is 31.4. The molecule has 3 rings (SSSR count). The number of guanidine groups is 1. The number of amidine groups is 1. The Bertz CT molecular complexity index is 1300. The van der Waals surface area contributed by atoms with Crippen molar-refractivity contribution in [3.8, 4) is 0 Å². The minimum absolute atomic E-state index is 0.00799. The number of oxime groups is 1. The molecule has 0 aliphatic heterocycles. The molecule has 1 fully saturated rings. The summed E-state index contributed by atoms with van der Waals surface area (Å²) < 4.78 is 0. The zero-order valence-electron chi connectivity index (χ0n) is 24.7. The van der Waals surface area contributed by atoms with E-state index in [1.54, 1.807) is 12.1 Å². The van der Waals surface area contributed by atoms with Crippen molar-refractivity contribution in [3.63, 3.8) is 0 Å². The molecule has 0 saturated heterocycles. The van der Waals surface area contributed by atoms with Crippen LogP contribution in [0.2, 0.25) is 0 Å². The molecule has 12 heteroatoms. The van der Waals surface area contributed by atoms with E-state index in [-0.39, 0.29) is 30.0 Å². The van der Waals surface area contributed by atoms with Crippen molar-refractivity contribution in [1.82, 2.24) is 10.6 Å². The van der Waals surface area contributed by atoms with Gasteiger partial charge in [0.1, 0.15) is 12.1 Å². The number of rotatable bonds is 14. The number of nitrogens with one attached hydrogen (secondary N) is 2. The van der Waals surface area contributed by atoms with Gasteiger partial charge in [0.2, 0.25) is 17.7 Å². The summed E-state index contributed by atoms with van der Waals surface area (Å²) >= 11 is 0. The first-order valence-corrected chi connectivity index (χ1v) is 14.7. The fourth-order valence-corrected chi connectivity index (χ4v) is 5.52. The topological polar surface area (TPSA) is 224 Å². The van der Waals surface area contributed by atoms with Crippen LogP contribution in [0.15, 0.2) is 58.7 Å². The first kappa shape index (κ1) is 32.9. The Morgan fingerprint density at radius 1 is 0.953 bits per heavy atom. The molecule has 232 valence electrons. The van der Waals surface area contributed by atoms with Crippen molar-refractivity contribution in [1.29, 1.82) is 0 Å². The maximum absolute atomic E-state index is 14.0. The van der Waals surface area contributed by atoms with E-state index in [0.29, 0.717) is 24.9 Å². The number of aryl methyl sites for hydroxylation is 1. The van der Waals surface area contributed by atoms with Crippen LogP contribution in [0.5, 0.6) is 0 Å². The summed E-state index contributed by atoms with van der Waals surface area (Å²) in [5, 5.41) is 17.9. The molecule has 2 aromatic rings. The number of carbonyl (C=O) groups excluding carboxylic acids is 3. The van der Waals surface area contributed by atoms with E-state index in [2.05, 4.69) is 20.8 Å². The molecule has 1 aliphatic carbocycles. The van der Waals surface area contributed by atoms with Gasteiger partial charge in [-0.2, -0.15) is 0 Å². The maximum Gasteiger partial charge on any atom is 0.243 e. The predicted octanol–water partition coefficient (Wildman–Crippen LogP) is 1.50. The maximum atomic E-state index is 14.0. The van der Waals surface area contributed by atoms with Crippen molar-refractivity contribution >= 4 is 29.5 Å². The van der Waals surface area contributed by atoms with Gasteiger partial charge in [0.25, 0.3) is 0 Å². The molecule has 0 aromatic heterocycles. The van der Waals surface area contributed by atoms with E-state index in [4.69, 9.17) is 28.1 Å². The van der Waals surface area contributed by atoms with Gasteiger partial charge >= 0.3 is 0 Å². The zero-order valence-corrected chi connectivity index (χ0v) is 24.7. The normalized spacial score (nSPS) is 16.0. The van der Waals surface area contributed by atoms with Gasteiger partial charge in [-0.3, -0.25) is 19.4 Å². The molecule has 43 heavy (non-hydrogen) atoms. The predicted molar refractivity (Wildman–Crippen MR) is 166 cm³/mol. The van der Waals surface area contributed by atoms with Gasteiger partial charge in [0.05, 0.1) is 5.92 Å². The molecule has 0 bridgehead atoms. The molecule has 11 N–H and O–H groups in total.